The Morgan fingerprint density at radius 3 is 2.17 bits per heavy atom. The lowest BCUT2D eigenvalue weighted by Gasteiger charge is -2.31. The summed E-state index contributed by atoms with van der Waals surface area (Å²) in [6.45, 7) is 8.60. The summed E-state index contributed by atoms with van der Waals surface area (Å²) < 4.78 is 2.47. The molecular weight excluding hydrogens is 430 g/mol. The fraction of sp³-hybridized carbons (Fsp3) is 0.323. The Kier molecular flexibility index (Phi) is 7.01. The third kappa shape index (κ3) is 5.33. The van der Waals surface area contributed by atoms with Gasteiger partial charge in [-0.05, 0) is 79.6 Å². The predicted molar refractivity (Wildman–Crippen MR) is 143 cm³/mol. The van der Waals surface area contributed by atoms with Gasteiger partial charge in [-0.2, -0.15) is 0 Å². The number of hydrogen-bond acceptors (Lipinski definition) is 2. The van der Waals surface area contributed by atoms with E-state index in [0.717, 1.165) is 39.0 Å². The van der Waals surface area contributed by atoms with Crippen LogP contribution in [0.25, 0.3) is 10.9 Å². The van der Waals surface area contributed by atoms with Crippen molar-refractivity contribution in [3.05, 3.63) is 107 Å². The molecular formula is C31H35N3O. The van der Waals surface area contributed by atoms with E-state index in [4.69, 9.17) is 0 Å². The van der Waals surface area contributed by atoms with Crippen LogP contribution in [0.2, 0.25) is 0 Å². The molecule has 0 atom stereocenters. The molecule has 4 nitrogen and oxygen atoms in total. The highest BCUT2D eigenvalue weighted by atomic mass is 16.1. The van der Waals surface area contributed by atoms with Crippen LogP contribution < -0.4 is 5.32 Å². The van der Waals surface area contributed by atoms with Crippen molar-refractivity contribution < 1.29 is 4.79 Å². The van der Waals surface area contributed by atoms with Gasteiger partial charge in [-0.15, -0.1) is 0 Å². The molecule has 1 N–H and O–H groups in total. The number of likely N-dealkylation sites (tertiary alicyclic amines) is 1. The van der Waals surface area contributed by atoms with Gasteiger partial charge in [0.2, 0.25) is 5.91 Å². The average molecular weight is 466 g/mol. The lowest BCUT2D eigenvalue weighted by molar-refractivity contribution is -0.126. The summed E-state index contributed by atoms with van der Waals surface area (Å²) in [7, 11) is 0. The van der Waals surface area contributed by atoms with Crippen molar-refractivity contribution in [2.45, 2.75) is 46.3 Å². The number of hydrogen-bond donors (Lipinski definition) is 1. The van der Waals surface area contributed by atoms with Crippen LogP contribution in [0.5, 0.6) is 0 Å². The third-order valence-electron chi connectivity index (χ3n) is 7.54. The van der Waals surface area contributed by atoms with Crippen molar-refractivity contribution in [1.29, 1.82) is 0 Å². The Hall–Kier alpha value is -3.37. The van der Waals surface area contributed by atoms with Crippen LogP contribution >= 0.6 is 0 Å². The lowest BCUT2D eigenvalue weighted by atomic mass is 9.95. The van der Waals surface area contributed by atoms with Gasteiger partial charge >= 0.3 is 0 Å². The summed E-state index contributed by atoms with van der Waals surface area (Å²) in [5.74, 6) is 0.301. The number of carbonyl (C=O) groups excluding carboxylic acids is 1. The third-order valence-corrected chi connectivity index (χ3v) is 7.54. The number of nitrogens with one attached hydrogen (secondary N) is 1. The van der Waals surface area contributed by atoms with Gasteiger partial charge in [0.25, 0.3) is 0 Å². The van der Waals surface area contributed by atoms with Crippen molar-refractivity contribution in [3.8, 4) is 0 Å². The smallest absolute Gasteiger partial charge is 0.223 e. The summed E-state index contributed by atoms with van der Waals surface area (Å²) in [5.41, 5.74) is 7.74. The molecule has 180 valence electrons. The van der Waals surface area contributed by atoms with E-state index >= 15 is 0 Å². The summed E-state index contributed by atoms with van der Waals surface area (Å²) in [5, 5.41) is 4.46. The molecule has 0 saturated carbocycles. The predicted octanol–water partition coefficient (Wildman–Crippen LogP) is 5.83. The van der Waals surface area contributed by atoms with E-state index < -0.39 is 0 Å². The van der Waals surface area contributed by atoms with E-state index in [1.165, 1.54) is 38.9 Å². The van der Waals surface area contributed by atoms with Crippen LogP contribution in [0.15, 0.2) is 78.9 Å². The summed E-state index contributed by atoms with van der Waals surface area (Å²) in [6, 6.07) is 27.9. The van der Waals surface area contributed by atoms with E-state index in [1.54, 1.807) is 0 Å². The zero-order valence-electron chi connectivity index (χ0n) is 20.8. The molecule has 0 radical (unpaired) electrons. The van der Waals surface area contributed by atoms with Gasteiger partial charge in [-0.1, -0.05) is 66.7 Å². The monoisotopic (exact) mass is 465 g/mol. The normalized spacial score (nSPS) is 14.9. The van der Waals surface area contributed by atoms with Gasteiger partial charge in [0.05, 0.1) is 0 Å². The number of benzene rings is 3. The first-order chi connectivity index (χ1) is 17.1. The van der Waals surface area contributed by atoms with E-state index in [2.05, 4.69) is 95.4 Å². The molecule has 5 rings (SSSR count). The number of rotatable bonds is 7. The highest BCUT2D eigenvalue weighted by molar-refractivity contribution is 5.81. The Balaban J connectivity index is 1.23. The Bertz CT molecular complexity index is 1310. The first-order valence-corrected chi connectivity index (χ1v) is 12.7. The molecule has 4 heteroatoms. The van der Waals surface area contributed by atoms with Crippen molar-refractivity contribution in [2.24, 2.45) is 5.92 Å². The van der Waals surface area contributed by atoms with E-state index in [1.807, 2.05) is 12.1 Å². The van der Waals surface area contributed by atoms with E-state index in [9.17, 15) is 4.79 Å². The molecule has 1 aliphatic heterocycles. The van der Waals surface area contributed by atoms with Crippen LogP contribution in [0.3, 0.4) is 0 Å². The first kappa shape index (κ1) is 23.4. The Morgan fingerprint density at radius 1 is 0.829 bits per heavy atom. The van der Waals surface area contributed by atoms with E-state index in [0.29, 0.717) is 6.54 Å². The minimum Gasteiger partial charge on any atom is -0.352 e. The molecule has 35 heavy (non-hydrogen) atoms. The summed E-state index contributed by atoms with van der Waals surface area (Å²) in [4.78, 5) is 15.3. The zero-order valence-corrected chi connectivity index (χ0v) is 20.8. The zero-order chi connectivity index (χ0) is 24.2. The quantitative estimate of drug-likeness (QED) is 0.373. The number of amides is 1. The highest BCUT2D eigenvalue weighted by Crippen LogP contribution is 2.25. The van der Waals surface area contributed by atoms with Gasteiger partial charge in [-0.25, -0.2) is 0 Å². The highest BCUT2D eigenvalue weighted by Gasteiger charge is 2.25. The molecule has 1 fully saturated rings. The maximum Gasteiger partial charge on any atom is 0.223 e. The number of fused-ring (bicyclic) bond motifs is 1. The Morgan fingerprint density at radius 2 is 1.46 bits per heavy atom. The molecule has 1 amide bonds. The topological polar surface area (TPSA) is 37.3 Å². The lowest BCUT2D eigenvalue weighted by Crippen LogP contribution is -2.40. The maximum atomic E-state index is 12.8. The molecule has 2 heterocycles. The van der Waals surface area contributed by atoms with Gasteiger partial charge in [-0.3, -0.25) is 9.69 Å². The van der Waals surface area contributed by atoms with Crippen molar-refractivity contribution >= 4 is 16.8 Å². The molecule has 0 spiro atoms. The number of para-hydroxylation sites is 1. The van der Waals surface area contributed by atoms with Crippen molar-refractivity contribution in [1.82, 2.24) is 14.8 Å². The number of piperidine rings is 1. The molecule has 0 unspecified atom stereocenters. The average Bonchev–Trinajstić information content (AvgIpc) is 3.22. The van der Waals surface area contributed by atoms with Gasteiger partial charge in [0, 0.05) is 36.8 Å². The molecule has 3 aromatic carbocycles. The minimum atomic E-state index is 0.105. The molecule has 0 aliphatic carbocycles. The second kappa shape index (κ2) is 10.5. The maximum absolute atomic E-state index is 12.8. The second-order valence-electron chi connectivity index (χ2n) is 9.90. The first-order valence-electron chi connectivity index (χ1n) is 12.7. The molecule has 1 aromatic heterocycles. The largest absolute Gasteiger partial charge is 0.352 e. The molecule has 1 saturated heterocycles. The summed E-state index contributed by atoms with van der Waals surface area (Å²) >= 11 is 0. The summed E-state index contributed by atoms with van der Waals surface area (Å²) in [6.07, 6.45) is 1.83. The van der Waals surface area contributed by atoms with Crippen LogP contribution in [0.1, 0.15) is 40.8 Å². The Labute approximate surface area is 208 Å². The number of carbonyl (C=O) groups is 1. The van der Waals surface area contributed by atoms with Gasteiger partial charge in [0.1, 0.15) is 0 Å². The van der Waals surface area contributed by atoms with Gasteiger partial charge < -0.3 is 9.88 Å². The molecule has 0 bridgehead atoms. The fourth-order valence-corrected chi connectivity index (χ4v) is 5.26. The van der Waals surface area contributed by atoms with Crippen LogP contribution in [0.4, 0.5) is 0 Å². The molecule has 4 aromatic rings. The second-order valence-corrected chi connectivity index (χ2v) is 9.90. The number of aryl methyl sites for hydroxylation is 2. The van der Waals surface area contributed by atoms with Crippen LogP contribution in [-0.2, 0) is 24.4 Å². The number of aromatic nitrogens is 1. The van der Waals surface area contributed by atoms with Crippen LogP contribution in [0, 0.1) is 19.8 Å². The number of nitrogens with zero attached hydrogens (tertiary/aromatic N) is 2. The van der Waals surface area contributed by atoms with Crippen molar-refractivity contribution in [2.75, 3.05) is 13.1 Å². The van der Waals surface area contributed by atoms with Crippen molar-refractivity contribution in [3.63, 3.8) is 0 Å². The fourth-order valence-electron chi connectivity index (χ4n) is 5.26. The standard InChI is InChI=1S/C31H35N3O/c1-23-9-3-5-12-27(23)20-32-31(35)25-15-17-33(18-16-25)22-29-19-26-11-7-8-14-30(26)34(29)21-28-13-6-4-10-24(28)2/h3-14,19,25H,15-18,20-22H2,1-2H3,(H,32,35). The van der Waals surface area contributed by atoms with E-state index in [-0.39, 0.29) is 11.8 Å². The SMILES string of the molecule is Cc1ccccc1CNC(=O)C1CCN(Cc2cc3ccccc3n2Cc2ccccc2C)CC1. The van der Waals surface area contributed by atoms with Gasteiger partial charge in [0.15, 0.2) is 0 Å². The minimum absolute atomic E-state index is 0.105. The molecule has 1 aliphatic rings. The van der Waals surface area contributed by atoms with Crippen LogP contribution in [-0.4, -0.2) is 28.5 Å².